The van der Waals surface area contributed by atoms with Gasteiger partial charge < -0.3 is 20.1 Å². The van der Waals surface area contributed by atoms with E-state index in [1.165, 1.54) is 24.8 Å². The molecule has 3 fully saturated rings. The van der Waals surface area contributed by atoms with E-state index >= 15 is 0 Å². The van der Waals surface area contributed by atoms with E-state index in [2.05, 4.69) is 45.9 Å². The third-order valence-electron chi connectivity index (χ3n) is 6.12. The Morgan fingerprint density at radius 2 is 2.08 bits per heavy atom. The lowest BCUT2D eigenvalue weighted by Crippen LogP contribution is -2.53. The summed E-state index contributed by atoms with van der Waals surface area (Å²) in [6.07, 6.45) is 4.21. The molecule has 2 N–H and O–H groups in total. The minimum atomic E-state index is 0.296. The molecule has 5 heteroatoms. The molecule has 0 amide bonds. The van der Waals surface area contributed by atoms with Crippen LogP contribution in [0.5, 0.6) is 0 Å². The highest BCUT2D eigenvalue weighted by molar-refractivity contribution is 5.14. The molecular formula is C21H33N3O2. The van der Waals surface area contributed by atoms with Crippen molar-refractivity contribution in [1.29, 1.82) is 0 Å². The monoisotopic (exact) mass is 359 g/mol. The summed E-state index contributed by atoms with van der Waals surface area (Å²) < 4.78 is 11.7. The van der Waals surface area contributed by atoms with Gasteiger partial charge in [-0.1, -0.05) is 36.8 Å². The molecule has 2 heterocycles. The number of hydrogen-bond acceptors (Lipinski definition) is 5. The fourth-order valence-corrected chi connectivity index (χ4v) is 4.76. The van der Waals surface area contributed by atoms with Crippen LogP contribution in [0.3, 0.4) is 0 Å². The van der Waals surface area contributed by atoms with Crippen LogP contribution in [-0.4, -0.2) is 69.1 Å². The first kappa shape index (κ1) is 18.4. The van der Waals surface area contributed by atoms with Gasteiger partial charge in [0.05, 0.1) is 25.9 Å². The van der Waals surface area contributed by atoms with Gasteiger partial charge >= 0.3 is 0 Å². The van der Waals surface area contributed by atoms with E-state index in [0.717, 1.165) is 52.5 Å². The SMILES string of the molecule is c1ccc(CN2CCOC(CNC3CCCC3C3COCCN3)C2)cc1. The molecule has 2 saturated heterocycles. The smallest absolute Gasteiger partial charge is 0.0826 e. The number of morpholine rings is 2. The Hall–Kier alpha value is -0.980. The molecule has 5 nitrogen and oxygen atoms in total. The second-order valence-electron chi connectivity index (χ2n) is 7.96. The lowest BCUT2D eigenvalue weighted by molar-refractivity contribution is -0.0321. The summed E-state index contributed by atoms with van der Waals surface area (Å²) in [5.74, 6) is 0.694. The first-order chi connectivity index (χ1) is 12.9. The average molecular weight is 360 g/mol. The number of hydrogen-bond donors (Lipinski definition) is 2. The molecule has 1 aromatic carbocycles. The Bertz CT molecular complexity index is 535. The van der Waals surface area contributed by atoms with Crippen LogP contribution in [0.1, 0.15) is 24.8 Å². The van der Waals surface area contributed by atoms with Crippen molar-refractivity contribution in [2.24, 2.45) is 5.92 Å². The largest absolute Gasteiger partial charge is 0.379 e. The third-order valence-corrected chi connectivity index (χ3v) is 6.12. The van der Waals surface area contributed by atoms with E-state index in [0.29, 0.717) is 24.1 Å². The highest BCUT2D eigenvalue weighted by Gasteiger charge is 2.35. The Kier molecular flexibility index (Phi) is 6.57. The van der Waals surface area contributed by atoms with E-state index in [1.54, 1.807) is 0 Å². The number of rotatable bonds is 6. The van der Waals surface area contributed by atoms with Crippen molar-refractivity contribution in [3.63, 3.8) is 0 Å². The zero-order chi connectivity index (χ0) is 17.6. The summed E-state index contributed by atoms with van der Waals surface area (Å²) in [6, 6.07) is 11.9. The first-order valence-electron chi connectivity index (χ1n) is 10.3. The Balaban J connectivity index is 1.24. The number of benzene rings is 1. The zero-order valence-electron chi connectivity index (χ0n) is 15.7. The summed E-state index contributed by atoms with van der Waals surface area (Å²) in [5, 5.41) is 7.49. The fourth-order valence-electron chi connectivity index (χ4n) is 4.76. The lowest BCUT2D eigenvalue weighted by atomic mass is 9.94. The minimum absolute atomic E-state index is 0.296. The predicted octanol–water partition coefficient (Wildman–Crippen LogP) is 1.63. The molecule has 0 spiro atoms. The van der Waals surface area contributed by atoms with E-state index in [9.17, 15) is 0 Å². The maximum atomic E-state index is 6.04. The molecule has 0 aromatic heterocycles. The summed E-state index contributed by atoms with van der Waals surface area (Å²) in [5.41, 5.74) is 1.39. The molecular weight excluding hydrogens is 326 g/mol. The highest BCUT2D eigenvalue weighted by Crippen LogP contribution is 2.29. The molecule has 1 saturated carbocycles. The molecule has 0 radical (unpaired) electrons. The normalized spacial score (nSPS) is 33.4. The average Bonchev–Trinajstić information content (AvgIpc) is 3.17. The molecule has 2 aliphatic heterocycles. The van der Waals surface area contributed by atoms with Crippen LogP contribution in [0.2, 0.25) is 0 Å². The molecule has 4 atom stereocenters. The molecule has 1 aliphatic carbocycles. The predicted molar refractivity (Wildman–Crippen MR) is 103 cm³/mol. The molecule has 4 rings (SSSR count). The van der Waals surface area contributed by atoms with Gasteiger partial charge in [0.1, 0.15) is 0 Å². The number of ether oxygens (including phenoxy) is 2. The van der Waals surface area contributed by atoms with Crippen LogP contribution < -0.4 is 10.6 Å². The van der Waals surface area contributed by atoms with Crippen LogP contribution in [0, 0.1) is 5.92 Å². The quantitative estimate of drug-likeness (QED) is 0.808. The number of nitrogens with one attached hydrogen (secondary N) is 2. The van der Waals surface area contributed by atoms with Gasteiger partial charge in [0, 0.05) is 44.8 Å². The van der Waals surface area contributed by atoms with Crippen molar-refractivity contribution in [3.8, 4) is 0 Å². The second kappa shape index (κ2) is 9.29. The summed E-state index contributed by atoms with van der Waals surface area (Å²) in [7, 11) is 0. The molecule has 0 bridgehead atoms. The van der Waals surface area contributed by atoms with Gasteiger partial charge in [0.15, 0.2) is 0 Å². The van der Waals surface area contributed by atoms with Crippen LogP contribution in [-0.2, 0) is 16.0 Å². The highest BCUT2D eigenvalue weighted by atomic mass is 16.5. The summed E-state index contributed by atoms with van der Waals surface area (Å²) in [6.45, 7) is 7.59. The van der Waals surface area contributed by atoms with Crippen molar-refractivity contribution < 1.29 is 9.47 Å². The minimum Gasteiger partial charge on any atom is -0.379 e. The van der Waals surface area contributed by atoms with Crippen molar-refractivity contribution in [3.05, 3.63) is 35.9 Å². The van der Waals surface area contributed by atoms with E-state index in [4.69, 9.17) is 9.47 Å². The van der Waals surface area contributed by atoms with E-state index in [-0.39, 0.29) is 0 Å². The fraction of sp³-hybridized carbons (Fsp3) is 0.714. The summed E-state index contributed by atoms with van der Waals surface area (Å²) in [4.78, 5) is 2.52. The molecule has 144 valence electrons. The first-order valence-corrected chi connectivity index (χ1v) is 10.3. The van der Waals surface area contributed by atoms with Gasteiger partial charge in [-0.3, -0.25) is 4.90 Å². The molecule has 1 aromatic rings. The van der Waals surface area contributed by atoms with Crippen LogP contribution in [0.4, 0.5) is 0 Å². The van der Waals surface area contributed by atoms with Crippen LogP contribution in [0.25, 0.3) is 0 Å². The molecule has 4 unspecified atom stereocenters. The standard InChI is InChI=1S/C21H33N3O2/c1-2-5-17(6-3-1)14-24-10-12-26-18(15-24)13-23-20-8-4-7-19(20)21-16-25-11-9-22-21/h1-3,5-6,18-23H,4,7-16H2. The van der Waals surface area contributed by atoms with Crippen LogP contribution >= 0.6 is 0 Å². The second-order valence-corrected chi connectivity index (χ2v) is 7.96. The lowest BCUT2D eigenvalue weighted by Gasteiger charge is -2.36. The topological polar surface area (TPSA) is 45.8 Å². The third kappa shape index (κ3) is 4.84. The van der Waals surface area contributed by atoms with E-state index in [1.807, 2.05) is 0 Å². The Morgan fingerprint density at radius 1 is 1.15 bits per heavy atom. The number of nitrogens with zero attached hydrogens (tertiary/aromatic N) is 1. The van der Waals surface area contributed by atoms with Gasteiger partial charge in [-0.25, -0.2) is 0 Å². The van der Waals surface area contributed by atoms with Gasteiger partial charge in [-0.05, 0) is 24.3 Å². The summed E-state index contributed by atoms with van der Waals surface area (Å²) >= 11 is 0. The van der Waals surface area contributed by atoms with Crippen molar-refractivity contribution in [2.75, 3.05) is 46.0 Å². The van der Waals surface area contributed by atoms with Crippen molar-refractivity contribution >= 4 is 0 Å². The van der Waals surface area contributed by atoms with Gasteiger partial charge in [-0.2, -0.15) is 0 Å². The molecule has 3 aliphatic rings. The van der Waals surface area contributed by atoms with Gasteiger partial charge in [-0.15, -0.1) is 0 Å². The van der Waals surface area contributed by atoms with E-state index < -0.39 is 0 Å². The maximum Gasteiger partial charge on any atom is 0.0826 e. The maximum absolute atomic E-state index is 6.04. The molecule has 26 heavy (non-hydrogen) atoms. The zero-order valence-corrected chi connectivity index (χ0v) is 15.7. The van der Waals surface area contributed by atoms with Gasteiger partial charge in [0.2, 0.25) is 0 Å². The van der Waals surface area contributed by atoms with Crippen LogP contribution in [0.15, 0.2) is 30.3 Å². The van der Waals surface area contributed by atoms with Gasteiger partial charge in [0.25, 0.3) is 0 Å². The van der Waals surface area contributed by atoms with Crippen molar-refractivity contribution in [2.45, 2.75) is 44.0 Å². The Morgan fingerprint density at radius 3 is 2.92 bits per heavy atom. The van der Waals surface area contributed by atoms with Crippen molar-refractivity contribution in [1.82, 2.24) is 15.5 Å². The Labute approximate surface area is 157 Å².